The van der Waals surface area contributed by atoms with Gasteiger partial charge in [-0.3, -0.25) is 0 Å². The van der Waals surface area contributed by atoms with Crippen LogP contribution in [0.15, 0.2) is 297 Å². The van der Waals surface area contributed by atoms with Crippen LogP contribution in [0.3, 0.4) is 0 Å². The van der Waals surface area contributed by atoms with Gasteiger partial charge in [-0.15, -0.1) is 0 Å². The maximum absolute atomic E-state index is 8.21. The zero-order chi connectivity index (χ0) is 62.6. The Labute approximate surface area is 535 Å². The van der Waals surface area contributed by atoms with E-state index in [2.05, 4.69) is 380 Å². The quantitative estimate of drug-likeness (QED) is 0.0695. The van der Waals surface area contributed by atoms with Gasteiger partial charge in [0.15, 0.2) is 32.3 Å². The lowest BCUT2D eigenvalue weighted by Gasteiger charge is -2.47. The van der Waals surface area contributed by atoms with Gasteiger partial charge in [0.05, 0.1) is 0 Å². The third-order valence-corrected chi connectivity index (χ3v) is 43.7. The smallest absolute Gasteiger partial charge is 0.154 e. The van der Waals surface area contributed by atoms with Gasteiger partial charge in [0.1, 0.15) is 0 Å². The van der Waals surface area contributed by atoms with Gasteiger partial charge in [0.2, 0.25) is 0 Å². The summed E-state index contributed by atoms with van der Waals surface area (Å²) >= 11 is 0. The zero-order valence-corrected chi connectivity index (χ0v) is 58.4. The molecule has 444 valence electrons. The number of rotatable bonds is 13. The molecule has 0 saturated heterocycles. The SMILES string of the molecule is CC(C)(C)[Si](c1ccccc1)(c1ccccc1)c1ccc2c(-c3c(N)cc([Si](c4ccccc4)(c4ccccc4)C(C)(C)C)c4cc([Si](c5ccccc5)(c5ccccc5)C(C)(C)C)ccc34)ccc([Si](c3ccccc3)(c3ccccc3)C(C)(C)C)c2c1. The minimum absolute atomic E-state index is 0.140. The van der Waals surface area contributed by atoms with Crippen LogP contribution < -0.4 is 68.0 Å². The van der Waals surface area contributed by atoms with Gasteiger partial charge >= 0.3 is 0 Å². The summed E-state index contributed by atoms with van der Waals surface area (Å²) < 4.78 is 0. The van der Waals surface area contributed by atoms with Crippen molar-refractivity contribution in [1.29, 1.82) is 0 Å². The molecule has 89 heavy (non-hydrogen) atoms. The molecule has 0 heterocycles. The summed E-state index contributed by atoms with van der Waals surface area (Å²) in [4.78, 5) is 0. The van der Waals surface area contributed by atoms with E-state index in [1.54, 1.807) is 0 Å². The first kappa shape index (κ1) is 61.1. The lowest BCUT2D eigenvalue weighted by atomic mass is 9.92. The van der Waals surface area contributed by atoms with Crippen LogP contribution in [0, 0.1) is 0 Å². The predicted octanol–water partition coefficient (Wildman–Crippen LogP) is 14.3. The number of nitrogen functional groups attached to an aromatic ring is 1. The lowest BCUT2D eigenvalue weighted by Crippen LogP contribution is -2.73. The minimum atomic E-state index is -3.08. The van der Waals surface area contributed by atoms with Crippen molar-refractivity contribution in [3.8, 4) is 11.1 Å². The highest BCUT2D eigenvalue weighted by Gasteiger charge is 2.55. The van der Waals surface area contributed by atoms with Crippen molar-refractivity contribution < 1.29 is 0 Å². The Balaban J connectivity index is 1.29. The molecular weight excluding hydrogens is 1140 g/mol. The van der Waals surface area contributed by atoms with Crippen molar-refractivity contribution in [3.63, 3.8) is 0 Å². The largest absolute Gasteiger partial charge is 0.398 e. The Kier molecular flexibility index (Phi) is 16.0. The van der Waals surface area contributed by atoms with Crippen molar-refractivity contribution in [2.45, 2.75) is 103 Å². The Morgan fingerprint density at radius 2 is 0.461 bits per heavy atom. The number of fused-ring (bicyclic) bond motifs is 2. The number of hydrogen-bond donors (Lipinski definition) is 1. The highest BCUT2D eigenvalue weighted by molar-refractivity contribution is 7.16. The fourth-order valence-corrected chi connectivity index (χ4v) is 40.1. The molecule has 0 amide bonds. The Morgan fingerprint density at radius 3 is 0.742 bits per heavy atom. The number of anilines is 1. The molecule has 0 fully saturated rings. The standard InChI is InChI=1S/C84H87NSi4/c1-81(2,3)86(62-37-21-13-22-38-62,63-39-23-14-24-40-63)70-53-55-72-73(57-58-78(75(72)59-70)88(83(7,8)9,66-45-29-17-30-46-66)67-47-31-18-32-48-67)80-74-56-54-71(87(82(4,5)6,64-41-25-15-26-42-64)65-43-27-16-28-44-65)60-76(74)79(61-77(80)85)89(84(10,11)12,68-49-33-19-34-50-68)69-51-35-20-36-52-69/h13-61H,85H2,1-12H3. The van der Waals surface area contributed by atoms with Crippen molar-refractivity contribution in [2.75, 3.05) is 5.73 Å². The first-order chi connectivity index (χ1) is 42.6. The third kappa shape index (κ3) is 9.74. The van der Waals surface area contributed by atoms with Gasteiger partial charge in [0.25, 0.3) is 0 Å². The van der Waals surface area contributed by atoms with Crippen LogP contribution in [0.4, 0.5) is 5.69 Å². The molecular formula is C84H87NSi4. The van der Waals surface area contributed by atoms with Gasteiger partial charge in [-0.1, -0.05) is 374 Å². The molecule has 0 atom stereocenters. The maximum atomic E-state index is 8.21. The second-order valence-corrected chi connectivity index (χ2v) is 47.8. The topological polar surface area (TPSA) is 26.0 Å². The second-order valence-electron chi connectivity index (χ2n) is 29.0. The molecule has 0 aromatic heterocycles. The van der Waals surface area contributed by atoms with Crippen LogP contribution in [0.2, 0.25) is 20.2 Å². The van der Waals surface area contributed by atoms with Crippen LogP contribution in [0.25, 0.3) is 32.7 Å². The monoisotopic (exact) mass is 1220 g/mol. The van der Waals surface area contributed by atoms with E-state index in [0.717, 1.165) is 16.8 Å². The molecule has 0 aliphatic heterocycles. The Bertz CT molecular complexity index is 4270. The van der Waals surface area contributed by atoms with E-state index < -0.39 is 32.3 Å². The molecule has 0 unspecified atom stereocenters. The van der Waals surface area contributed by atoms with Crippen molar-refractivity contribution in [1.82, 2.24) is 0 Å². The summed E-state index contributed by atoms with van der Waals surface area (Å²) in [6, 6.07) is 115. The predicted molar refractivity (Wildman–Crippen MR) is 400 cm³/mol. The summed E-state index contributed by atoms with van der Waals surface area (Å²) in [6.45, 7) is 29.9. The first-order valence-electron chi connectivity index (χ1n) is 32.0. The molecule has 1 nitrogen and oxygen atoms in total. The number of hydrogen-bond acceptors (Lipinski definition) is 1. The molecule has 0 spiro atoms. The van der Waals surface area contributed by atoms with Crippen LogP contribution in [-0.2, 0) is 0 Å². The normalized spacial score (nSPS) is 13.0. The Hall–Kier alpha value is -8.17. The summed E-state index contributed by atoms with van der Waals surface area (Å²) in [5, 5.41) is 21.0. The zero-order valence-electron chi connectivity index (χ0n) is 54.4. The highest BCUT2D eigenvalue weighted by atomic mass is 28.3. The highest BCUT2D eigenvalue weighted by Crippen LogP contribution is 2.46. The van der Waals surface area contributed by atoms with Crippen molar-refractivity contribution >= 4 is 122 Å². The molecule has 12 rings (SSSR count). The van der Waals surface area contributed by atoms with Crippen molar-refractivity contribution in [2.24, 2.45) is 0 Å². The Morgan fingerprint density at radius 1 is 0.213 bits per heavy atom. The van der Waals surface area contributed by atoms with Crippen LogP contribution in [0.1, 0.15) is 83.1 Å². The average molecular weight is 1220 g/mol. The summed E-state index contributed by atoms with van der Waals surface area (Å²) in [5.74, 6) is 0. The summed E-state index contributed by atoms with van der Waals surface area (Å²) in [7, 11) is -11.9. The molecule has 0 aliphatic rings. The van der Waals surface area contributed by atoms with E-state index in [-0.39, 0.29) is 20.2 Å². The van der Waals surface area contributed by atoms with E-state index in [9.17, 15) is 0 Å². The van der Waals surface area contributed by atoms with E-state index in [0.29, 0.717) is 0 Å². The van der Waals surface area contributed by atoms with E-state index >= 15 is 0 Å². The molecule has 2 N–H and O–H groups in total. The van der Waals surface area contributed by atoms with Gasteiger partial charge in [-0.05, 0) is 116 Å². The van der Waals surface area contributed by atoms with E-state index in [4.69, 9.17) is 5.73 Å². The summed E-state index contributed by atoms with van der Waals surface area (Å²) in [6.07, 6.45) is 0. The molecule has 12 aromatic carbocycles. The van der Waals surface area contributed by atoms with Crippen molar-refractivity contribution in [3.05, 3.63) is 297 Å². The fourth-order valence-electron chi connectivity index (χ4n) is 17.0. The van der Waals surface area contributed by atoms with Gasteiger partial charge in [0, 0.05) is 11.3 Å². The van der Waals surface area contributed by atoms with Gasteiger partial charge in [-0.25, -0.2) is 0 Å². The van der Waals surface area contributed by atoms with E-state index in [1.807, 2.05) is 0 Å². The molecule has 0 bridgehead atoms. The van der Waals surface area contributed by atoms with Crippen LogP contribution >= 0.6 is 0 Å². The minimum Gasteiger partial charge on any atom is -0.398 e. The van der Waals surface area contributed by atoms with Crippen LogP contribution in [0.5, 0.6) is 0 Å². The summed E-state index contributed by atoms with van der Waals surface area (Å²) in [5.41, 5.74) is 11.3. The van der Waals surface area contributed by atoms with Gasteiger partial charge < -0.3 is 5.73 Å². The number of nitrogens with two attached hydrogens (primary N) is 1. The first-order valence-corrected chi connectivity index (χ1v) is 40.0. The van der Waals surface area contributed by atoms with Gasteiger partial charge in [-0.2, -0.15) is 0 Å². The molecule has 0 aliphatic carbocycles. The third-order valence-electron chi connectivity index (χ3n) is 20.3. The molecule has 5 heteroatoms. The second kappa shape index (κ2) is 23.3. The average Bonchev–Trinajstić information content (AvgIpc) is 0.765. The lowest BCUT2D eigenvalue weighted by molar-refractivity contribution is 0.739. The fraction of sp³-hybridized carbons (Fsp3) is 0.190. The van der Waals surface area contributed by atoms with Crippen LogP contribution in [-0.4, -0.2) is 32.3 Å². The maximum Gasteiger partial charge on any atom is 0.154 e. The van der Waals surface area contributed by atoms with E-state index in [1.165, 1.54) is 83.8 Å². The molecule has 12 aromatic rings. The number of benzene rings is 12. The molecule has 0 radical (unpaired) electrons. The molecule has 0 saturated carbocycles.